The molecule has 12 heteroatoms. The molecule has 1 N–H and O–H groups in total. The molecule has 1 heterocycles. The zero-order chi connectivity index (χ0) is 25.6. The molecule has 0 radical (unpaired) electrons. The van der Waals surface area contributed by atoms with Crippen LogP contribution in [0, 0.1) is 0 Å². The van der Waals surface area contributed by atoms with Crippen LogP contribution in [0.4, 0.5) is 4.79 Å². The number of rotatable bonds is 8. The molecule has 0 spiro atoms. The Hall–Kier alpha value is -3.18. The Kier molecular flexibility index (Phi) is 9.37. The SMILES string of the molecule is CC(OC(=O)CCC(NC(=O)OC(C)(C)C)C(=O)OC(C)(C)C)C(=O)ON1C(=O)CCC1=O. The maximum atomic E-state index is 12.5. The Labute approximate surface area is 192 Å². The number of esters is 2. The summed E-state index contributed by atoms with van der Waals surface area (Å²) in [6.45, 7) is 11.1. The number of hydroxylamine groups is 2. The quantitative estimate of drug-likeness (QED) is 0.312. The molecular weight excluding hydrogens is 440 g/mol. The second kappa shape index (κ2) is 11.1. The normalized spacial score (nSPS) is 16.0. The molecule has 1 fully saturated rings. The van der Waals surface area contributed by atoms with Gasteiger partial charge in [-0.15, -0.1) is 5.06 Å². The highest BCUT2D eigenvalue weighted by atomic mass is 16.7. The Morgan fingerprint density at radius 2 is 1.42 bits per heavy atom. The summed E-state index contributed by atoms with van der Waals surface area (Å²) in [7, 11) is 0. The van der Waals surface area contributed by atoms with Crippen LogP contribution in [-0.4, -0.2) is 64.2 Å². The molecule has 0 aliphatic carbocycles. The molecule has 0 aromatic rings. The number of imide groups is 1. The van der Waals surface area contributed by atoms with Crippen molar-refractivity contribution in [2.45, 2.75) is 97.5 Å². The smallest absolute Gasteiger partial charge is 0.408 e. The minimum Gasteiger partial charge on any atom is -0.458 e. The van der Waals surface area contributed by atoms with E-state index >= 15 is 0 Å². The number of amides is 3. The molecule has 0 aromatic carbocycles. The summed E-state index contributed by atoms with van der Waals surface area (Å²) in [5, 5.41) is 2.71. The predicted molar refractivity (Wildman–Crippen MR) is 111 cm³/mol. The summed E-state index contributed by atoms with van der Waals surface area (Å²) < 4.78 is 15.4. The van der Waals surface area contributed by atoms with E-state index in [2.05, 4.69) is 10.2 Å². The molecule has 1 aliphatic heterocycles. The zero-order valence-electron chi connectivity index (χ0n) is 20.0. The van der Waals surface area contributed by atoms with Gasteiger partial charge in [-0.25, -0.2) is 14.4 Å². The van der Waals surface area contributed by atoms with Gasteiger partial charge in [0.25, 0.3) is 11.8 Å². The number of nitrogens with zero attached hydrogens (tertiary/aromatic N) is 1. The number of hydrogen-bond acceptors (Lipinski definition) is 10. The molecule has 1 rings (SSSR count). The Balaban J connectivity index is 2.68. The second-order valence-electron chi connectivity index (χ2n) is 9.40. The van der Waals surface area contributed by atoms with Crippen LogP contribution in [0.25, 0.3) is 0 Å². The second-order valence-corrected chi connectivity index (χ2v) is 9.40. The van der Waals surface area contributed by atoms with Gasteiger partial charge in [0.1, 0.15) is 17.2 Å². The van der Waals surface area contributed by atoms with E-state index in [4.69, 9.17) is 14.2 Å². The first kappa shape index (κ1) is 27.9. The number of alkyl carbamates (subject to hydrolysis) is 1. The third-order valence-corrected chi connectivity index (χ3v) is 3.85. The van der Waals surface area contributed by atoms with Gasteiger partial charge < -0.3 is 24.4 Å². The number of carbonyl (C=O) groups excluding carboxylic acids is 6. The van der Waals surface area contributed by atoms with Crippen molar-refractivity contribution < 1.29 is 47.8 Å². The van der Waals surface area contributed by atoms with E-state index in [9.17, 15) is 28.8 Å². The van der Waals surface area contributed by atoms with E-state index < -0.39 is 59.2 Å². The van der Waals surface area contributed by atoms with E-state index in [1.807, 2.05) is 0 Å². The van der Waals surface area contributed by atoms with Gasteiger partial charge in [0.2, 0.25) is 0 Å². The van der Waals surface area contributed by atoms with Gasteiger partial charge >= 0.3 is 24.0 Å². The van der Waals surface area contributed by atoms with Crippen LogP contribution in [0.3, 0.4) is 0 Å². The highest BCUT2D eigenvalue weighted by molar-refractivity contribution is 6.01. The number of ether oxygens (including phenoxy) is 3. The van der Waals surface area contributed by atoms with Crippen molar-refractivity contribution in [1.29, 1.82) is 0 Å². The van der Waals surface area contributed by atoms with Gasteiger partial charge in [-0.1, -0.05) is 0 Å². The molecule has 0 aromatic heterocycles. The molecule has 3 amide bonds. The molecule has 186 valence electrons. The van der Waals surface area contributed by atoms with Crippen molar-refractivity contribution in [3.05, 3.63) is 0 Å². The van der Waals surface area contributed by atoms with Crippen molar-refractivity contribution >= 4 is 35.8 Å². The fraction of sp³-hybridized carbons (Fsp3) is 0.714. The molecule has 12 nitrogen and oxygen atoms in total. The van der Waals surface area contributed by atoms with E-state index in [-0.39, 0.29) is 25.7 Å². The van der Waals surface area contributed by atoms with Crippen LogP contribution >= 0.6 is 0 Å². The van der Waals surface area contributed by atoms with Crippen LogP contribution in [0.2, 0.25) is 0 Å². The molecule has 33 heavy (non-hydrogen) atoms. The highest BCUT2D eigenvalue weighted by Crippen LogP contribution is 2.15. The lowest BCUT2D eigenvalue weighted by molar-refractivity contribution is -0.205. The van der Waals surface area contributed by atoms with Gasteiger partial charge in [-0.3, -0.25) is 14.4 Å². The lowest BCUT2D eigenvalue weighted by atomic mass is 10.1. The number of hydrogen-bond donors (Lipinski definition) is 1. The summed E-state index contributed by atoms with van der Waals surface area (Å²) in [6.07, 6.45) is -2.99. The van der Waals surface area contributed by atoms with Gasteiger partial charge in [0, 0.05) is 19.3 Å². The minimum atomic E-state index is -1.42. The van der Waals surface area contributed by atoms with Crippen LogP contribution in [0.15, 0.2) is 0 Å². The van der Waals surface area contributed by atoms with Crippen molar-refractivity contribution in [2.24, 2.45) is 0 Å². The van der Waals surface area contributed by atoms with E-state index in [0.29, 0.717) is 5.06 Å². The molecule has 1 aliphatic rings. The largest absolute Gasteiger partial charge is 0.458 e. The van der Waals surface area contributed by atoms with Crippen molar-refractivity contribution in [3.8, 4) is 0 Å². The lowest BCUT2D eigenvalue weighted by Crippen LogP contribution is -2.46. The van der Waals surface area contributed by atoms with Crippen molar-refractivity contribution in [1.82, 2.24) is 10.4 Å². The van der Waals surface area contributed by atoms with Gasteiger partial charge in [0.15, 0.2) is 6.10 Å². The third kappa shape index (κ3) is 10.3. The monoisotopic (exact) mass is 472 g/mol. The molecule has 2 atom stereocenters. The average molecular weight is 472 g/mol. The summed E-state index contributed by atoms with van der Waals surface area (Å²) in [5.41, 5.74) is -1.65. The van der Waals surface area contributed by atoms with Crippen LogP contribution in [-0.2, 0) is 43.0 Å². The van der Waals surface area contributed by atoms with E-state index in [1.165, 1.54) is 6.92 Å². The Morgan fingerprint density at radius 3 is 1.91 bits per heavy atom. The third-order valence-electron chi connectivity index (χ3n) is 3.85. The zero-order valence-corrected chi connectivity index (χ0v) is 20.0. The number of nitrogens with one attached hydrogen (secondary N) is 1. The molecule has 2 unspecified atom stereocenters. The fourth-order valence-electron chi connectivity index (χ4n) is 2.46. The minimum absolute atomic E-state index is 0.0724. The first-order valence-electron chi connectivity index (χ1n) is 10.5. The van der Waals surface area contributed by atoms with Gasteiger partial charge in [0.05, 0.1) is 0 Å². The summed E-state index contributed by atoms with van der Waals surface area (Å²) in [4.78, 5) is 76.5. The topological polar surface area (TPSA) is 155 Å². The van der Waals surface area contributed by atoms with Gasteiger partial charge in [-0.2, -0.15) is 0 Å². The molecule has 1 saturated heterocycles. The van der Waals surface area contributed by atoms with E-state index in [1.54, 1.807) is 41.5 Å². The molecule has 0 bridgehead atoms. The maximum Gasteiger partial charge on any atom is 0.408 e. The summed E-state index contributed by atoms with van der Waals surface area (Å²) in [6, 6.07) is -1.21. The van der Waals surface area contributed by atoms with Crippen LogP contribution in [0.5, 0.6) is 0 Å². The van der Waals surface area contributed by atoms with E-state index in [0.717, 1.165) is 0 Å². The standard InChI is InChI=1S/C21H32N2O10/c1-12(17(27)33-23-14(24)9-10-15(23)25)30-16(26)11-8-13(18(28)31-20(2,3)4)22-19(29)32-21(5,6)7/h12-13H,8-11H2,1-7H3,(H,22,29). The highest BCUT2D eigenvalue weighted by Gasteiger charge is 2.35. The molecule has 0 saturated carbocycles. The Morgan fingerprint density at radius 1 is 0.909 bits per heavy atom. The lowest BCUT2D eigenvalue weighted by Gasteiger charge is -2.26. The molecular formula is C21H32N2O10. The predicted octanol–water partition coefficient (Wildman–Crippen LogP) is 1.54. The summed E-state index contributed by atoms with van der Waals surface area (Å²) >= 11 is 0. The Bertz CT molecular complexity index is 778. The van der Waals surface area contributed by atoms with Crippen LogP contribution in [0.1, 0.15) is 74.1 Å². The average Bonchev–Trinajstić information content (AvgIpc) is 2.93. The fourth-order valence-corrected chi connectivity index (χ4v) is 2.46. The van der Waals surface area contributed by atoms with Gasteiger partial charge in [-0.05, 0) is 54.9 Å². The first-order chi connectivity index (χ1) is 15.0. The van der Waals surface area contributed by atoms with Crippen molar-refractivity contribution in [3.63, 3.8) is 0 Å². The first-order valence-corrected chi connectivity index (χ1v) is 10.5. The van der Waals surface area contributed by atoms with Crippen molar-refractivity contribution in [2.75, 3.05) is 0 Å². The number of carbonyl (C=O) groups is 6. The maximum absolute atomic E-state index is 12.5. The van der Waals surface area contributed by atoms with Crippen LogP contribution < -0.4 is 5.32 Å². The summed E-state index contributed by atoms with van der Waals surface area (Å²) in [5.74, 6) is -4.10.